The van der Waals surface area contributed by atoms with Gasteiger partial charge in [-0.05, 0) is 43.6 Å². The van der Waals surface area contributed by atoms with Gasteiger partial charge in [0.05, 0.1) is 16.2 Å². The van der Waals surface area contributed by atoms with Crippen molar-refractivity contribution >= 4 is 41.0 Å². The molecule has 1 aliphatic heterocycles. The quantitative estimate of drug-likeness (QED) is 0.417. The fourth-order valence-corrected chi connectivity index (χ4v) is 3.65. The number of benzene rings is 2. The molecule has 0 atom stereocenters. The summed E-state index contributed by atoms with van der Waals surface area (Å²) in [6.07, 6.45) is 2.96. The predicted octanol–water partition coefficient (Wildman–Crippen LogP) is 4.26. The van der Waals surface area contributed by atoms with Crippen molar-refractivity contribution in [2.24, 2.45) is 11.0 Å². The van der Waals surface area contributed by atoms with E-state index in [9.17, 15) is 14.9 Å². The molecule has 1 aliphatic rings. The highest BCUT2D eigenvalue weighted by Gasteiger charge is 2.24. The Morgan fingerprint density at radius 1 is 1.21 bits per heavy atom. The molecule has 0 aromatic heterocycles. The third kappa shape index (κ3) is 6.00. The third-order valence-electron chi connectivity index (χ3n) is 4.85. The van der Waals surface area contributed by atoms with Gasteiger partial charge in [-0.3, -0.25) is 19.8 Å². The number of nitro benzene ring substituents is 1. The lowest BCUT2D eigenvalue weighted by Gasteiger charge is -2.30. The second-order valence-corrected chi connectivity index (χ2v) is 7.72. The summed E-state index contributed by atoms with van der Waals surface area (Å²) in [4.78, 5) is 24.9. The third-order valence-corrected chi connectivity index (χ3v) is 5.42. The van der Waals surface area contributed by atoms with Crippen molar-refractivity contribution < 1.29 is 9.72 Å². The molecule has 0 spiro atoms. The van der Waals surface area contributed by atoms with Gasteiger partial charge in [-0.1, -0.05) is 41.4 Å². The molecular formula is C20H20Cl2N4O3. The largest absolute Gasteiger partial charge is 0.299 e. The fourth-order valence-electron chi connectivity index (χ4n) is 3.20. The first-order chi connectivity index (χ1) is 13.9. The molecule has 29 heavy (non-hydrogen) atoms. The molecule has 0 aliphatic carbocycles. The van der Waals surface area contributed by atoms with E-state index in [2.05, 4.69) is 15.4 Å². The van der Waals surface area contributed by atoms with E-state index >= 15 is 0 Å². The number of nitrogens with one attached hydrogen (secondary N) is 1. The van der Waals surface area contributed by atoms with Gasteiger partial charge >= 0.3 is 0 Å². The number of carbonyl (C=O) groups is 1. The second kappa shape index (κ2) is 9.82. The van der Waals surface area contributed by atoms with E-state index < -0.39 is 4.92 Å². The monoisotopic (exact) mass is 434 g/mol. The van der Waals surface area contributed by atoms with Crippen molar-refractivity contribution in [3.63, 3.8) is 0 Å². The minimum atomic E-state index is -0.406. The highest BCUT2D eigenvalue weighted by atomic mass is 35.5. The van der Waals surface area contributed by atoms with Gasteiger partial charge in [0.15, 0.2) is 0 Å². The molecule has 0 radical (unpaired) electrons. The van der Waals surface area contributed by atoms with Crippen LogP contribution in [0.3, 0.4) is 0 Å². The van der Waals surface area contributed by atoms with E-state index in [4.69, 9.17) is 23.2 Å². The van der Waals surface area contributed by atoms with Crippen LogP contribution in [0.5, 0.6) is 0 Å². The Bertz CT molecular complexity index is 910. The first-order valence-corrected chi connectivity index (χ1v) is 9.91. The first kappa shape index (κ1) is 21.2. The Morgan fingerprint density at radius 2 is 1.90 bits per heavy atom. The van der Waals surface area contributed by atoms with Crippen LogP contribution < -0.4 is 5.43 Å². The van der Waals surface area contributed by atoms with Crippen LogP contribution in [0, 0.1) is 16.0 Å². The number of piperidine rings is 1. The van der Waals surface area contributed by atoms with Crippen LogP contribution in [0.2, 0.25) is 10.0 Å². The normalized spacial score (nSPS) is 15.5. The predicted molar refractivity (Wildman–Crippen MR) is 113 cm³/mol. The Morgan fingerprint density at radius 3 is 2.52 bits per heavy atom. The Labute approximate surface area is 178 Å². The summed E-state index contributed by atoms with van der Waals surface area (Å²) in [5.41, 5.74) is 4.36. The molecule has 1 fully saturated rings. The molecule has 9 heteroatoms. The van der Waals surface area contributed by atoms with Crippen molar-refractivity contribution in [1.82, 2.24) is 10.3 Å². The minimum absolute atomic E-state index is 0.0876. The van der Waals surface area contributed by atoms with Crippen LogP contribution in [0.25, 0.3) is 0 Å². The average Bonchev–Trinajstić information content (AvgIpc) is 2.70. The highest BCUT2D eigenvalue weighted by molar-refractivity contribution is 6.36. The number of hydrogen-bond acceptors (Lipinski definition) is 5. The number of nitrogens with zero attached hydrogens (tertiary/aromatic N) is 3. The maximum Gasteiger partial charge on any atom is 0.269 e. The van der Waals surface area contributed by atoms with E-state index in [1.165, 1.54) is 18.3 Å². The maximum absolute atomic E-state index is 12.3. The number of rotatable bonds is 6. The number of halogens is 2. The number of hydrazone groups is 1. The topological polar surface area (TPSA) is 87.8 Å². The summed E-state index contributed by atoms with van der Waals surface area (Å²) in [7, 11) is 0. The fraction of sp³-hybridized carbons (Fsp3) is 0.300. The van der Waals surface area contributed by atoms with E-state index in [0.29, 0.717) is 22.2 Å². The van der Waals surface area contributed by atoms with E-state index in [1.54, 1.807) is 30.3 Å². The van der Waals surface area contributed by atoms with Crippen LogP contribution in [0.4, 0.5) is 5.69 Å². The number of carbonyl (C=O) groups excluding carboxylic acids is 1. The lowest BCUT2D eigenvalue weighted by molar-refractivity contribution is -0.384. The van der Waals surface area contributed by atoms with Crippen molar-refractivity contribution in [2.45, 2.75) is 19.4 Å². The van der Waals surface area contributed by atoms with Crippen molar-refractivity contribution in [2.75, 3.05) is 13.1 Å². The zero-order valence-corrected chi connectivity index (χ0v) is 17.1. The molecule has 1 heterocycles. The zero-order valence-electron chi connectivity index (χ0n) is 15.6. The molecule has 1 amide bonds. The van der Waals surface area contributed by atoms with Gasteiger partial charge in [-0.25, -0.2) is 5.43 Å². The number of non-ortho nitro benzene ring substituents is 1. The van der Waals surface area contributed by atoms with Gasteiger partial charge in [0.25, 0.3) is 5.69 Å². The molecule has 152 valence electrons. The Kier molecular flexibility index (Phi) is 7.19. The Hall–Kier alpha value is -2.48. The average molecular weight is 435 g/mol. The molecule has 0 saturated carbocycles. The summed E-state index contributed by atoms with van der Waals surface area (Å²) in [6.45, 7) is 2.27. The first-order valence-electron chi connectivity index (χ1n) is 9.16. The minimum Gasteiger partial charge on any atom is -0.299 e. The molecule has 2 aromatic carbocycles. The second-order valence-electron chi connectivity index (χ2n) is 6.87. The van der Waals surface area contributed by atoms with E-state index in [-0.39, 0.29) is 17.5 Å². The van der Waals surface area contributed by atoms with Crippen LogP contribution in [0.15, 0.2) is 47.6 Å². The zero-order chi connectivity index (χ0) is 20.8. The summed E-state index contributed by atoms with van der Waals surface area (Å²) in [6, 6.07) is 11.6. The Balaban J connectivity index is 1.45. The van der Waals surface area contributed by atoms with Crippen LogP contribution >= 0.6 is 23.2 Å². The summed E-state index contributed by atoms with van der Waals surface area (Å²) < 4.78 is 0. The summed E-state index contributed by atoms with van der Waals surface area (Å²) in [5.74, 6) is -0.206. The molecular weight excluding hydrogens is 415 g/mol. The molecule has 3 rings (SSSR count). The molecule has 7 nitrogen and oxygen atoms in total. The van der Waals surface area contributed by atoms with Crippen LogP contribution in [-0.2, 0) is 11.3 Å². The maximum atomic E-state index is 12.3. The summed E-state index contributed by atoms with van der Waals surface area (Å²) in [5, 5.41) is 15.7. The lowest BCUT2D eigenvalue weighted by Crippen LogP contribution is -2.39. The van der Waals surface area contributed by atoms with Crippen molar-refractivity contribution in [3.8, 4) is 0 Å². The number of likely N-dealkylation sites (tertiary alicyclic amines) is 1. The standard InChI is InChI=1S/C20H20Cl2N4O3/c21-17-4-3-16(19(22)11-17)12-23-24-20(27)15-7-9-25(10-8-15)13-14-1-5-18(6-2-14)26(28)29/h1-6,11-12,15H,7-10,13H2,(H,24,27)/b23-12-. The van der Waals surface area contributed by atoms with Gasteiger partial charge in [0.2, 0.25) is 5.91 Å². The van der Waals surface area contributed by atoms with Crippen molar-refractivity contribution in [1.29, 1.82) is 0 Å². The number of nitro groups is 1. The van der Waals surface area contributed by atoms with Gasteiger partial charge in [0.1, 0.15) is 0 Å². The highest BCUT2D eigenvalue weighted by Crippen LogP contribution is 2.21. The molecule has 1 saturated heterocycles. The van der Waals surface area contributed by atoms with Crippen LogP contribution in [0.1, 0.15) is 24.0 Å². The smallest absolute Gasteiger partial charge is 0.269 e. The molecule has 1 N–H and O–H groups in total. The molecule has 2 aromatic rings. The SMILES string of the molecule is O=C(N/N=C\c1ccc(Cl)cc1Cl)C1CCN(Cc2ccc([N+](=O)[O-])cc2)CC1. The van der Waals surface area contributed by atoms with Gasteiger partial charge < -0.3 is 0 Å². The lowest BCUT2D eigenvalue weighted by atomic mass is 9.96. The van der Waals surface area contributed by atoms with Gasteiger partial charge in [-0.15, -0.1) is 0 Å². The molecule has 0 bridgehead atoms. The van der Waals surface area contributed by atoms with Gasteiger partial charge in [0, 0.05) is 35.2 Å². The van der Waals surface area contributed by atoms with E-state index in [0.717, 1.165) is 31.5 Å². The van der Waals surface area contributed by atoms with Crippen LogP contribution in [-0.4, -0.2) is 35.0 Å². The number of amides is 1. The molecule has 0 unspecified atom stereocenters. The van der Waals surface area contributed by atoms with Crippen molar-refractivity contribution in [3.05, 3.63) is 73.8 Å². The number of hydrogen-bond donors (Lipinski definition) is 1. The summed E-state index contributed by atoms with van der Waals surface area (Å²) >= 11 is 11.9. The van der Waals surface area contributed by atoms with E-state index in [1.807, 2.05) is 0 Å². The van der Waals surface area contributed by atoms with Gasteiger partial charge in [-0.2, -0.15) is 5.10 Å².